The van der Waals surface area contributed by atoms with Gasteiger partial charge >= 0.3 is 5.97 Å². The van der Waals surface area contributed by atoms with Crippen molar-refractivity contribution in [3.63, 3.8) is 0 Å². The van der Waals surface area contributed by atoms with E-state index in [0.717, 1.165) is 19.1 Å². The second-order valence-corrected chi connectivity index (χ2v) is 10.4. The maximum absolute atomic E-state index is 15.7. The number of allylic oxidation sites excluding steroid dienone is 2. The van der Waals surface area contributed by atoms with Crippen molar-refractivity contribution in [1.29, 1.82) is 5.41 Å². The smallest absolute Gasteiger partial charge is 0.341 e. The van der Waals surface area contributed by atoms with E-state index in [2.05, 4.69) is 5.32 Å². The molecule has 2 atom stereocenters. The molecular formula is C30H37FN6O3. The molecule has 0 aromatic heterocycles. The zero-order chi connectivity index (χ0) is 29.0. The van der Waals surface area contributed by atoms with Gasteiger partial charge in [-0.3, -0.25) is 4.79 Å². The van der Waals surface area contributed by atoms with E-state index in [4.69, 9.17) is 21.7 Å². The van der Waals surface area contributed by atoms with Crippen LogP contribution in [0.2, 0.25) is 0 Å². The van der Waals surface area contributed by atoms with Crippen LogP contribution in [0.1, 0.15) is 36.5 Å². The van der Waals surface area contributed by atoms with Gasteiger partial charge in [-0.15, -0.1) is 0 Å². The van der Waals surface area contributed by atoms with Crippen molar-refractivity contribution < 1.29 is 18.7 Å². The van der Waals surface area contributed by atoms with Crippen molar-refractivity contribution in [2.75, 3.05) is 32.6 Å². The molecule has 2 aromatic rings. The molecule has 2 saturated carbocycles. The number of ether oxygens (including phenoxy) is 1. The number of benzene rings is 2. The van der Waals surface area contributed by atoms with Gasteiger partial charge in [-0.05, 0) is 55.9 Å². The average molecular weight is 549 g/mol. The number of nitrogens with one attached hydrogen (secondary N) is 2. The first-order valence-corrected chi connectivity index (χ1v) is 13.4. The topological polar surface area (TPSA) is 138 Å². The van der Waals surface area contributed by atoms with E-state index in [1.54, 1.807) is 68.5 Å². The number of halogens is 1. The lowest BCUT2D eigenvalue weighted by atomic mass is 10.0. The lowest BCUT2D eigenvalue weighted by Crippen LogP contribution is -2.29. The van der Waals surface area contributed by atoms with E-state index in [1.807, 2.05) is 0 Å². The number of carbonyl (C=O) groups is 2. The molecule has 40 heavy (non-hydrogen) atoms. The Morgan fingerprint density at radius 2 is 1.90 bits per heavy atom. The van der Waals surface area contributed by atoms with Gasteiger partial charge < -0.3 is 31.1 Å². The largest absolute Gasteiger partial charge is 0.462 e. The van der Waals surface area contributed by atoms with Gasteiger partial charge in [0.05, 0.1) is 17.7 Å². The first kappa shape index (κ1) is 28.8. The molecule has 9 nitrogen and oxygen atoms in total. The average Bonchev–Trinajstić information content (AvgIpc) is 3.84. The molecular weight excluding hydrogens is 511 g/mol. The highest BCUT2D eigenvalue weighted by molar-refractivity contribution is 6.10. The number of esters is 1. The molecule has 1 unspecified atom stereocenters. The van der Waals surface area contributed by atoms with E-state index >= 15 is 4.39 Å². The van der Waals surface area contributed by atoms with Gasteiger partial charge in [0.2, 0.25) is 0 Å². The summed E-state index contributed by atoms with van der Waals surface area (Å²) in [4.78, 5) is 27.3. The number of hydrogen-bond donors (Lipinski definition) is 4. The van der Waals surface area contributed by atoms with Crippen LogP contribution in [0.4, 0.5) is 10.1 Å². The van der Waals surface area contributed by atoms with Gasteiger partial charge in [0, 0.05) is 67.5 Å². The molecule has 6 N–H and O–H groups in total. The third kappa shape index (κ3) is 6.69. The highest BCUT2D eigenvalue weighted by Gasteiger charge is 2.44. The molecule has 10 heteroatoms. The van der Waals surface area contributed by atoms with Crippen LogP contribution in [0.3, 0.4) is 0 Å². The Balaban J connectivity index is 1.65. The Morgan fingerprint density at radius 1 is 1.18 bits per heavy atom. The minimum Gasteiger partial charge on any atom is -0.462 e. The van der Waals surface area contributed by atoms with Crippen LogP contribution in [0.25, 0.3) is 11.1 Å². The van der Waals surface area contributed by atoms with Gasteiger partial charge in [-0.25, -0.2) is 15.0 Å². The molecule has 2 fully saturated rings. The zero-order valence-corrected chi connectivity index (χ0v) is 23.1. The number of carbonyl (C=O) groups excluding carboxylic acids is 2. The second-order valence-electron chi connectivity index (χ2n) is 10.4. The standard InChI is InChI=1S/C30H37FN6O3/c1-4-40-30(39)25(15-32)28(24-14-23(24)26(33)17-37(3)34)35-20-8-5-7-19(13-20)21-9-6-10-22(27(21)31)29(38)36(2)16-18-11-12-18/h5-10,13,15,17-18,23-24,32,35H,4,11-12,14,16,33-34H2,1-3H3/b26-17-,28-25+,32-15?/t23?,24-/m1/s1. The Labute approximate surface area is 234 Å². The molecule has 0 bridgehead atoms. The number of nitrogens with zero attached hydrogens (tertiary/aromatic N) is 2. The van der Waals surface area contributed by atoms with E-state index in [1.165, 1.54) is 11.1 Å². The highest BCUT2D eigenvalue weighted by atomic mass is 19.1. The molecule has 0 radical (unpaired) electrons. The summed E-state index contributed by atoms with van der Waals surface area (Å²) < 4.78 is 20.9. The Bertz CT molecular complexity index is 1350. The predicted molar refractivity (Wildman–Crippen MR) is 153 cm³/mol. The summed E-state index contributed by atoms with van der Waals surface area (Å²) in [6.45, 7) is 2.48. The monoisotopic (exact) mass is 548 g/mol. The molecule has 2 aliphatic rings. The normalized spacial score (nSPS) is 18.9. The Hall–Kier alpha value is -4.18. The summed E-state index contributed by atoms with van der Waals surface area (Å²) in [6.07, 6.45) is 5.45. The fraction of sp³-hybridized carbons (Fsp3) is 0.367. The lowest BCUT2D eigenvalue weighted by molar-refractivity contribution is -0.137. The van der Waals surface area contributed by atoms with E-state index in [-0.39, 0.29) is 35.5 Å². The van der Waals surface area contributed by atoms with E-state index in [9.17, 15) is 9.59 Å². The van der Waals surface area contributed by atoms with Gasteiger partial charge in [-0.2, -0.15) is 0 Å². The number of amides is 1. The predicted octanol–water partition coefficient (Wildman–Crippen LogP) is 4.10. The Morgan fingerprint density at radius 3 is 2.55 bits per heavy atom. The summed E-state index contributed by atoms with van der Waals surface area (Å²) >= 11 is 0. The number of anilines is 1. The van der Waals surface area contributed by atoms with E-state index < -0.39 is 11.8 Å². The maximum Gasteiger partial charge on any atom is 0.341 e. The van der Waals surface area contributed by atoms with Crippen molar-refractivity contribution in [2.24, 2.45) is 29.3 Å². The van der Waals surface area contributed by atoms with Gasteiger partial charge in [0.25, 0.3) is 5.91 Å². The third-order valence-corrected chi connectivity index (χ3v) is 7.13. The molecule has 212 valence electrons. The van der Waals surface area contributed by atoms with Crippen molar-refractivity contribution in [2.45, 2.75) is 26.2 Å². The fourth-order valence-corrected chi connectivity index (χ4v) is 4.84. The van der Waals surface area contributed by atoms with Crippen LogP contribution in [0.15, 0.2) is 65.6 Å². The molecule has 0 heterocycles. The third-order valence-electron chi connectivity index (χ3n) is 7.13. The van der Waals surface area contributed by atoms with Crippen LogP contribution in [0.5, 0.6) is 0 Å². The first-order chi connectivity index (χ1) is 19.1. The summed E-state index contributed by atoms with van der Waals surface area (Å²) in [5, 5.41) is 12.6. The highest BCUT2D eigenvalue weighted by Crippen LogP contribution is 2.48. The zero-order valence-electron chi connectivity index (χ0n) is 23.1. The van der Waals surface area contributed by atoms with Crippen LogP contribution in [-0.4, -0.2) is 55.2 Å². The van der Waals surface area contributed by atoms with Crippen LogP contribution >= 0.6 is 0 Å². The maximum atomic E-state index is 15.7. The second kappa shape index (κ2) is 12.3. The quantitative estimate of drug-likeness (QED) is 0.103. The summed E-state index contributed by atoms with van der Waals surface area (Å²) in [5.41, 5.74) is 8.84. The van der Waals surface area contributed by atoms with Gasteiger partial charge in [0.1, 0.15) is 5.82 Å². The van der Waals surface area contributed by atoms with Crippen molar-refractivity contribution >= 4 is 23.8 Å². The molecule has 2 aliphatic carbocycles. The fourth-order valence-electron chi connectivity index (χ4n) is 4.84. The van der Waals surface area contributed by atoms with Crippen molar-refractivity contribution in [1.82, 2.24) is 9.91 Å². The van der Waals surface area contributed by atoms with E-state index in [0.29, 0.717) is 47.1 Å². The molecule has 0 aliphatic heterocycles. The molecule has 0 spiro atoms. The number of nitrogens with two attached hydrogens (primary N) is 2. The molecule has 1 amide bonds. The number of rotatable bonds is 12. The van der Waals surface area contributed by atoms with Gasteiger partial charge in [-0.1, -0.05) is 24.3 Å². The first-order valence-electron chi connectivity index (χ1n) is 13.4. The molecule has 4 rings (SSSR count). The van der Waals surface area contributed by atoms with Crippen molar-refractivity contribution in [3.8, 4) is 11.1 Å². The molecule has 2 aromatic carbocycles. The minimum absolute atomic E-state index is 0.0287. The lowest BCUT2D eigenvalue weighted by Gasteiger charge is -2.18. The minimum atomic E-state index is -0.618. The summed E-state index contributed by atoms with van der Waals surface area (Å²) in [7, 11) is 3.37. The number of hydrazine groups is 1. The van der Waals surface area contributed by atoms with Crippen LogP contribution in [-0.2, 0) is 9.53 Å². The summed E-state index contributed by atoms with van der Waals surface area (Å²) in [5.74, 6) is 4.43. The van der Waals surface area contributed by atoms with Crippen molar-refractivity contribution in [3.05, 3.63) is 77.0 Å². The SMILES string of the molecule is CCOC(=O)/C(C=N)=C(/Nc1cccc(-c2cccc(C(=O)N(C)CC3CC3)c2F)c1)[C@@H]1CC1/C(N)=C/N(C)N. The Kier molecular flexibility index (Phi) is 8.89. The van der Waals surface area contributed by atoms with Gasteiger partial charge in [0.15, 0.2) is 0 Å². The molecule has 0 saturated heterocycles. The number of hydrogen-bond acceptors (Lipinski definition) is 8. The van der Waals surface area contributed by atoms with Crippen LogP contribution in [0, 0.1) is 29.0 Å². The summed E-state index contributed by atoms with van der Waals surface area (Å²) in [6, 6.07) is 11.9. The van der Waals surface area contributed by atoms with Crippen LogP contribution < -0.4 is 16.9 Å².